The van der Waals surface area contributed by atoms with Crippen molar-refractivity contribution in [1.29, 1.82) is 0 Å². The van der Waals surface area contributed by atoms with Crippen LogP contribution in [0, 0.1) is 0 Å². The summed E-state index contributed by atoms with van der Waals surface area (Å²) in [6.07, 6.45) is 4.66. The van der Waals surface area contributed by atoms with Crippen LogP contribution in [0.5, 0.6) is 0 Å². The van der Waals surface area contributed by atoms with Gasteiger partial charge in [-0.2, -0.15) is 0 Å². The lowest BCUT2D eigenvalue weighted by atomic mass is 10.0. The molecule has 0 spiro atoms. The monoisotopic (exact) mass is 547 g/mol. The topological polar surface area (TPSA) is 78.8 Å². The molecule has 0 saturated carbocycles. The Bertz CT molecular complexity index is 1230. The normalized spacial score (nSPS) is 17.4. The van der Waals surface area contributed by atoms with E-state index in [-0.39, 0.29) is 5.91 Å². The molecular weight excluding hydrogens is 502 g/mol. The van der Waals surface area contributed by atoms with Gasteiger partial charge in [0.1, 0.15) is 0 Å². The third-order valence-corrected chi connectivity index (χ3v) is 8.40. The van der Waals surface area contributed by atoms with E-state index in [9.17, 15) is 4.79 Å². The molecule has 2 fully saturated rings. The number of benzene rings is 1. The van der Waals surface area contributed by atoms with Crippen LogP contribution in [0.15, 0.2) is 42.6 Å². The molecule has 1 aromatic carbocycles. The van der Waals surface area contributed by atoms with Gasteiger partial charge < -0.3 is 15.0 Å². The summed E-state index contributed by atoms with van der Waals surface area (Å²) in [5, 5.41) is 13.4. The molecule has 9 nitrogen and oxygen atoms in total. The van der Waals surface area contributed by atoms with Crippen molar-refractivity contribution in [2.45, 2.75) is 65.1 Å². The molecule has 3 aromatic rings. The second-order valence-corrected chi connectivity index (χ2v) is 11.6. The molecule has 2 aromatic heterocycles. The number of anilines is 1. The van der Waals surface area contributed by atoms with Gasteiger partial charge in [0.15, 0.2) is 11.6 Å². The lowest BCUT2D eigenvalue weighted by Gasteiger charge is -2.40. The molecule has 5 rings (SSSR count). The number of morpholine rings is 1. The van der Waals surface area contributed by atoms with Crippen LogP contribution in [0.3, 0.4) is 0 Å². The Hall–Kier alpha value is -3.01. The predicted molar refractivity (Wildman–Crippen MR) is 160 cm³/mol. The van der Waals surface area contributed by atoms with Crippen molar-refractivity contribution in [3.05, 3.63) is 48.2 Å². The van der Waals surface area contributed by atoms with Crippen LogP contribution in [-0.2, 0) is 16.0 Å². The molecule has 2 aliphatic heterocycles. The number of nitrogens with one attached hydrogen (secondary N) is 1. The minimum absolute atomic E-state index is 0.0391. The van der Waals surface area contributed by atoms with E-state index in [1.54, 1.807) is 0 Å². The summed E-state index contributed by atoms with van der Waals surface area (Å²) in [4.78, 5) is 20.2. The van der Waals surface area contributed by atoms with Gasteiger partial charge in [-0.15, -0.1) is 10.2 Å². The first-order valence-electron chi connectivity index (χ1n) is 14.9. The van der Waals surface area contributed by atoms with Crippen LogP contribution in [0.1, 0.15) is 46.1 Å². The lowest BCUT2D eigenvalue weighted by Crippen LogP contribution is -2.49. The van der Waals surface area contributed by atoms with E-state index in [0.29, 0.717) is 31.1 Å². The van der Waals surface area contributed by atoms with E-state index in [4.69, 9.17) is 4.74 Å². The zero-order valence-corrected chi connectivity index (χ0v) is 24.6. The van der Waals surface area contributed by atoms with Crippen LogP contribution in [0.2, 0.25) is 0 Å². The minimum Gasteiger partial charge on any atom is -0.379 e. The van der Waals surface area contributed by atoms with E-state index in [2.05, 4.69) is 80.7 Å². The average Bonchev–Trinajstić information content (AvgIpc) is 3.33. The Balaban J connectivity index is 1.22. The Morgan fingerprint density at radius 2 is 1.65 bits per heavy atom. The fraction of sp³-hybridized carbons (Fsp3) is 0.581. The van der Waals surface area contributed by atoms with Gasteiger partial charge in [0.05, 0.1) is 25.2 Å². The molecule has 0 atom stereocenters. The molecule has 4 heterocycles. The van der Waals surface area contributed by atoms with Gasteiger partial charge in [-0.05, 0) is 64.3 Å². The number of rotatable bonds is 10. The zero-order chi connectivity index (χ0) is 28.1. The quantitative estimate of drug-likeness (QED) is 0.416. The number of nitrogens with zero attached hydrogens (tertiary/aromatic N) is 6. The fourth-order valence-electron chi connectivity index (χ4n) is 6.27. The molecule has 9 heteroatoms. The van der Waals surface area contributed by atoms with Gasteiger partial charge in [-0.1, -0.05) is 18.2 Å². The van der Waals surface area contributed by atoms with Crippen LogP contribution < -0.4 is 10.2 Å². The van der Waals surface area contributed by atoms with Crippen molar-refractivity contribution in [1.82, 2.24) is 29.9 Å². The smallest absolute Gasteiger partial charge is 0.224 e. The Morgan fingerprint density at radius 3 is 2.33 bits per heavy atom. The number of ether oxygens (including phenoxy) is 1. The molecule has 0 bridgehead atoms. The molecule has 0 unspecified atom stereocenters. The van der Waals surface area contributed by atoms with Crippen molar-refractivity contribution in [2.24, 2.45) is 0 Å². The van der Waals surface area contributed by atoms with Gasteiger partial charge in [0.2, 0.25) is 5.91 Å². The Labute approximate surface area is 238 Å². The largest absolute Gasteiger partial charge is 0.379 e. The van der Waals surface area contributed by atoms with Crippen LogP contribution in [0.4, 0.5) is 5.82 Å². The van der Waals surface area contributed by atoms with E-state index < -0.39 is 0 Å². The van der Waals surface area contributed by atoms with Crippen LogP contribution in [-0.4, -0.2) is 101 Å². The van der Waals surface area contributed by atoms with Crippen molar-refractivity contribution < 1.29 is 9.53 Å². The number of hydrogen-bond donors (Lipinski definition) is 1. The van der Waals surface area contributed by atoms with Gasteiger partial charge in [-0.3, -0.25) is 19.2 Å². The summed E-state index contributed by atoms with van der Waals surface area (Å²) in [5.41, 5.74) is 2.03. The molecular formula is C31H45N7O2. The first-order chi connectivity index (χ1) is 19.4. The minimum atomic E-state index is 0.0391. The standard InChI is InChI=1S/C31H45N7O2/c1-23(2)37(24(3)4)16-13-32-31(39)21-25-22-38(28-8-6-5-7-27(25)28)30-10-9-29(33-34-30)36-14-11-26(12-15-36)35-17-19-40-20-18-35/h5-10,22-24,26H,11-21H2,1-4H3,(H,32,39). The maximum absolute atomic E-state index is 12.9. The number of amides is 1. The number of hydrogen-bond acceptors (Lipinski definition) is 7. The third kappa shape index (κ3) is 6.65. The first-order valence-corrected chi connectivity index (χ1v) is 14.9. The summed E-state index contributed by atoms with van der Waals surface area (Å²) in [6.45, 7) is 16.0. The van der Waals surface area contributed by atoms with Gasteiger partial charge >= 0.3 is 0 Å². The highest BCUT2D eigenvalue weighted by Crippen LogP contribution is 2.26. The third-order valence-electron chi connectivity index (χ3n) is 8.40. The predicted octanol–water partition coefficient (Wildman–Crippen LogP) is 3.50. The molecule has 1 N–H and O–H groups in total. The highest BCUT2D eigenvalue weighted by molar-refractivity contribution is 5.90. The Morgan fingerprint density at radius 1 is 0.975 bits per heavy atom. The average molecular weight is 548 g/mol. The number of aromatic nitrogens is 3. The molecule has 1 amide bonds. The molecule has 40 heavy (non-hydrogen) atoms. The van der Waals surface area contributed by atoms with Crippen molar-refractivity contribution in [3.63, 3.8) is 0 Å². The van der Waals surface area contributed by atoms with E-state index in [0.717, 1.165) is 86.9 Å². The highest BCUT2D eigenvalue weighted by Gasteiger charge is 2.26. The molecule has 216 valence electrons. The maximum Gasteiger partial charge on any atom is 0.224 e. The maximum atomic E-state index is 12.9. The number of piperidine rings is 1. The molecule has 2 saturated heterocycles. The van der Waals surface area contributed by atoms with Gasteiger partial charge in [0.25, 0.3) is 0 Å². The lowest BCUT2D eigenvalue weighted by molar-refractivity contribution is -0.120. The second-order valence-electron chi connectivity index (χ2n) is 11.6. The molecule has 0 radical (unpaired) electrons. The first kappa shape index (κ1) is 28.5. The summed E-state index contributed by atoms with van der Waals surface area (Å²) in [6, 6.07) is 13.8. The summed E-state index contributed by atoms with van der Waals surface area (Å²) >= 11 is 0. The van der Waals surface area contributed by atoms with E-state index in [1.807, 2.05) is 24.4 Å². The molecule has 2 aliphatic rings. The van der Waals surface area contributed by atoms with Crippen LogP contribution >= 0.6 is 0 Å². The van der Waals surface area contributed by atoms with Crippen LogP contribution in [0.25, 0.3) is 16.7 Å². The van der Waals surface area contributed by atoms with Crippen molar-refractivity contribution >= 4 is 22.6 Å². The zero-order valence-electron chi connectivity index (χ0n) is 24.6. The van der Waals surface area contributed by atoms with Crippen molar-refractivity contribution in [2.75, 3.05) is 57.4 Å². The highest BCUT2D eigenvalue weighted by atomic mass is 16.5. The summed E-state index contributed by atoms with van der Waals surface area (Å²) in [7, 11) is 0. The number of para-hydroxylation sites is 1. The second kappa shape index (κ2) is 13.1. The summed E-state index contributed by atoms with van der Waals surface area (Å²) in [5.74, 6) is 1.73. The number of carbonyl (C=O) groups excluding carboxylic acids is 1. The molecule has 0 aliphatic carbocycles. The fourth-order valence-corrected chi connectivity index (χ4v) is 6.27. The Kier molecular flexibility index (Phi) is 9.34. The van der Waals surface area contributed by atoms with Gasteiger partial charge in [-0.25, -0.2) is 0 Å². The number of carbonyl (C=O) groups is 1. The SMILES string of the molecule is CC(C)N(CCNC(=O)Cc1cn(-c2ccc(N3CCC(N4CCOCC4)CC3)nn2)c2ccccc12)C(C)C. The summed E-state index contributed by atoms with van der Waals surface area (Å²) < 4.78 is 7.57. The van der Waals surface area contributed by atoms with Gasteiger partial charge in [0, 0.05) is 69.0 Å². The number of fused-ring (bicyclic) bond motifs is 1. The van der Waals surface area contributed by atoms with E-state index >= 15 is 0 Å². The van der Waals surface area contributed by atoms with E-state index in [1.165, 1.54) is 0 Å². The van der Waals surface area contributed by atoms with Crippen molar-refractivity contribution in [3.8, 4) is 5.82 Å².